The van der Waals surface area contributed by atoms with Gasteiger partial charge in [-0.25, -0.2) is 12.8 Å². The van der Waals surface area contributed by atoms with Crippen molar-refractivity contribution in [1.29, 1.82) is 5.26 Å². The summed E-state index contributed by atoms with van der Waals surface area (Å²) >= 11 is 0. The molecule has 0 radical (unpaired) electrons. The maximum atomic E-state index is 13.0. The second-order valence-corrected chi connectivity index (χ2v) is 7.98. The summed E-state index contributed by atoms with van der Waals surface area (Å²) in [5.74, 6) is -0.879. The lowest BCUT2D eigenvalue weighted by Crippen LogP contribution is -2.38. The van der Waals surface area contributed by atoms with Gasteiger partial charge in [-0.15, -0.1) is 0 Å². The van der Waals surface area contributed by atoms with Crippen LogP contribution in [0.25, 0.3) is 0 Å². The van der Waals surface area contributed by atoms with Gasteiger partial charge in [0, 0.05) is 19.0 Å². The van der Waals surface area contributed by atoms with Crippen molar-refractivity contribution < 1.29 is 17.6 Å². The molecule has 1 aliphatic rings. The van der Waals surface area contributed by atoms with Crippen LogP contribution in [-0.4, -0.2) is 32.3 Å². The number of hydrogen-bond acceptors (Lipinski definition) is 4. The molecule has 0 spiro atoms. The molecule has 1 amide bonds. The Kier molecular flexibility index (Phi) is 5.42. The van der Waals surface area contributed by atoms with Crippen LogP contribution >= 0.6 is 0 Å². The van der Waals surface area contributed by atoms with Crippen LogP contribution in [0.1, 0.15) is 23.2 Å². The molecule has 1 saturated heterocycles. The average molecular weight is 387 g/mol. The highest BCUT2D eigenvalue weighted by atomic mass is 32.2. The average Bonchev–Trinajstić information content (AvgIpc) is 2.68. The van der Waals surface area contributed by atoms with Crippen LogP contribution in [0.15, 0.2) is 53.4 Å². The van der Waals surface area contributed by atoms with Crippen molar-refractivity contribution in [3.63, 3.8) is 0 Å². The molecule has 27 heavy (non-hydrogen) atoms. The van der Waals surface area contributed by atoms with Crippen LogP contribution in [0.3, 0.4) is 0 Å². The first-order chi connectivity index (χ1) is 12.9. The van der Waals surface area contributed by atoms with Gasteiger partial charge in [0.2, 0.25) is 0 Å². The van der Waals surface area contributed by atoms with E-state index in [0.717, 1.165) is 24.3 Å². The fourth-order valence-electron chi connectivity index (χ4n) is 2.96. The van der Waals surface area contributed by atoms with E-state index >= 15 is 0 Å². The van der Waals surface area contributed by atoms with E-state index in [4.69, 9.17) is 5.26 Å². The number of carbonyl (C=O) groups excluding carboxylic acids is 1. The molecule has 2 aromatic rings. The lowest BCUT2D eigenvalue weighted by atomic mass is 9.98. The van der Waals surface area contributed by atoms with E-state index < -0.39 is 15.8 Å². The SMILES string of the molecule is N#CC1CCN(C(=O)c2ccccc2NS(=O)(=O)c2ccc(F)cc2)CC1. The summed E-state index contributed by atoms with van der Waals surface area (Å²) in [6, 6.07) is 13.0. The molecule has 8 heteroatoms. The molecule has 0 bridgehead atoms. The predicted molar refractivity (Wildman–Crippen MR) is 97.9 cm³/mol. The van der Waals surface area contributed by atoms with Crippen molar-refractivity contribution in [2.75, 3.05) is 17.8 Å². The Morgan fingerprint density at radius 1 is 1.11 bits per heavy atom. The minimum atomic E-state index is -3.96. The second-order valence-electron chi connectivity index (χ2n) is 6.30. The number of nitriles is 1. The Morgan fingerprint density at radius 3 is 2.37 bits per heavy atom. The minimum Gasteiger partial charge on any atom is -0.338 e. The van der Waals surface area contributed by atoms with E-state index in [9.17, 15) is 17.6 Å². The summed E-state index contributed by atoms with van der Waals surface area (Å²) in [5, 5.41) is 8.98. The van der Waals surface area contributed by atoms with E-state index in [2.05, 4.69) is 10.8 Å². The number of likely N-dealkylation sites (tertiary alicyclic amines) is 1. The first kappa shape index (κ1) is 18.9. The molecule has 3 rings (SSSR count). The van der Waals surface area contributed by atoms with Gasteiger partial charge in [-0.1, -0.05) is 12.1 Å². The lowest BCUT2D eigenvalue weighted by Gasteiger charge is -2.29. The van der Waals surface area contributed by atoms with Crippen LogP contribution < -0.4 is 4.72 Å². The van der Waals surface area contributed by atoms with Gasteiger partial charge in [0.1, 0.15) is 5.82 Å². The number of anilines is 1. The zero-order chi connectivity index (χ0) is 19.4. The molecular weight excluding hydrogens is 369 g/mol. The normalized spacial score (nSPS) is 15.2. The zero-order valence-corrected chi connectivity index (χ0v) is 15.2. The Balaban J connectivity index is 1.83. The number of sulfonamides is 1. The third kappa shape index (κ3) is 4.26. The highest BCUT2D eigenvalue weighted by Gasteiger charge is 2.26. The van der Waals surface area contributed by atoms with Crippen molar-refractivity contribution in [3.8, 4) is 6.07 Å². The molecule has 0 saturated carbocycles. The number of piperidine rings is 1. The molecule has 1 N–H and O–H groups in total. The number of para-hydroxylation sites is 1. The Hall–Kier alpha value is -2.92. The summed E-state index contributed by atoms with van der Waals surface area (Å²) < 4.78 is 40.6. The smallest absolute Gasteiger partial charge is 0.261 e. The molecule has 1 fully saturated rings. The molecule has 0 aromatic heterocycles. The van der Waals surface area contributed by atoms with Crippen LogP contribution in [0.5, 0.6) is 0 Å². The first-order valence-electron chi connectivity index (χ1n) is 8.47. The number of amides is 1. The van der Waals surface area contributed by atoms with Gasteiger partial charge >= 0.3 is 0 Å². The van der Waals surface area contributed by atoms with Gasteiger partial charge in [0.05, 0.1) is 22.2 Å². The van der Waals surface area contributed by atoms with E-state index in [0.29, 0.717) is 25.9 Å². The van der Waals surface area contributed by atoms with Crippen molar-refractivity contribution in [2.45, 2.75) is 17.7 Å². The number of halogens is 1. The number of rotatable bonds is 4. The molecule has 140 valence electrons. The zero-order valence-electron chi connectivity index (χ0n) is 14.4. The summed E-state index contributed by atoms with van der Waals surface area (Å²) in [5.41, 5.74) is 0.396. The van der Waals surface area contributed by atoms with Gasteiger partial charge in [-0.05, 0) is 49.2 Å². The van der Waals surface area contributed by atoms with E-state index in [1.807, 2.05) is 0 Å². The number of carbonyl (C=O) groups is 1. The standard InChI is InChI=1S/C19H18FN3O3S/c20-15-5-7-16(8-6-15)27(25,26)22-18-4-2-1-3-17(18)19(24)23-11-9-14(13-21)10-12-23/h1-8,14,22H,9-12H2. The predicted octanol–water partition coefficient (Wildman–Crippen LogP) is 3.00. The largest absolute Gasteiger partial charge is 0.338 e. The fourth-order valence-corrected chi connectivity index (χ4v) is 4.04. The van der Waals surface area contributed by atoms with Gasteiger partial charge in [0.15, 0.2) is 0 Å². The van der Waals surface area contributed by atoms with Gasteiger partial charge < -0.3 is 4.90 Å². The van der Waals surface area contributed by atoms with Gasteiger partial charge in [-0.3, -0.25) is 9.52 Å². The number of hydrogen-bond donors (Lipinski definition) is 1. The van der Waals surface area contributed by atoms with Crippen molar-refractivity contribution in [2.24, 2.45) is 5.92 Å². The van der Waals surface area contributed by atoms with Crippen LogP contribution in [0, 0.1) is 23.1 Å². The quantitative estimate of drug-likeness (QED) is 0.873. The third-order valence-electron chi connectivity index (χ3n) is 4.49. The Bertz CT molecular complexity index is 976. The first-order valence-corrected chi connectivity index (χ1v) is 9.95. The summed E-state index contributed by atoms with van der Waals surface area (Å²) in [6.07, 6.45) is 1.21. The molecule has 1 heterocycles. The second kappa shape index (κ2) is 7.76. The lowest BCUT2D eigenvalue weighted by molar-refractivity contribution is 0.0708. The van der Waals surface area contributed by atoms with Gasteiger partial charge in [0.25, 0.3) is 15.9 Å². The van der Waals surface area contributed by atoms with Crippen molar-refractivity contribution in [3.05, 3.63) is 59.9 Å². The highest BCUT2D eigenvalue weighted by molar-refractivity contribution is 7.92. The fraction of sp³-hybridized carbons (Fsp3) is 0.263. The Morgan fingerprint density at radius 2 is 1.74 bits per heavy atom. The van der Waals surface area contributed by atoms with Crippen LogP contribution in [0.2, 0.25) is 0 Å². The minimum absolute atomic E-state index is 0.0544. The molecule has 0 aliphatic carbocycles. The molecule has 2 aromatic carbocycles. The Labute approximate surface area is 157 Å². The molecule has 0 unspecified atom stereocenters. The topological polar surface area (TPSA) is 90.3 Å². The highest BCUT2D eigenvalue weighted by Crippen LogP contribution is 2.24. The third-order valence-corrected chi connectivity index (χ3v) is 5.87. The van der Waals surface area contributed by atoms with Crippen LogP contribution in [0.4, 0.5) is 10.1 Å². The molecule has 6 nitrogen and oxygen atoms in total. The number of nitrogens with one attached hydrogen (secondary N) is 1. The number of nitrogens with zero attached hydrogens (tertiary/aromatic N) is 2. The van der Waals surface area contributed by atoms with Crippen LogP contribution in [-0.2, 0) is 10.0 Å². The molecule has 1 aliphatic heterocycles. The summed E-state index contributed by atoms with van der Waals surface area (Å²) in [4.78, 5) is 14.4. The van der Waals surface area contributed by atoms with E-state index in [1.165, 1.54) is 6.07 Å². The van der Waals surface area contributed by atoms with E-state index in [1.54, 1.807) is 23.1 Å². The van der Waals surface area contributed by atoms with E-state index in [-0.39, 0.29) is 28.0 Å². The molecular formula is C19H18FN3O3S. The maximum Gasteiger partial charge on any atom is 0.261 e. The van der Waals surface area contributed by atoms with Gasteiger partial charge in [-0.2, -0.15) is 5.26 Å². The van der Waals surface area contributed by atoms with Crippen molar-refractivity contribution in [1.82, 2.24) is 4.90 Å². The maximum absolute atomic E-state index is 13.0. The monoisotopic (exact) mass is 387 g/mol. The summed E-state index contributed by atoms with van der Waals surface area (Å²) in [6.45, 7) is 0.909. The summed E-state index contributed by atoms with van der Waals surface area (Å²) in [7, 11) is -3.96. The van der Waals surface area contributed by atoms with Crippen molar-refractivity contribution >= 4 is 21.6 Å². The number of benzene rings is 2. The molecule has 0 atom stereocenters.